The minimum Gasteiger partial charge on any atom is -0.504 e. The molecule has 1 saturated carbocycles. The highest BCUT2D eigenvalue weighted by Gasteiger charge is 2.34. The standard InChI is InChI=1S/C18H21N3O4/c1-25-14-8-10(6-7-13(14)22)12-9-15(23)19-17-16(12)18(24)20-21(17)11-4-2-3-5-11/h6-8,11-12,22H,2-5,9H2,1H3,(H,19,23)(H,20,24)/t12-/m1/s1. The molecule has 1 aliphatic heterocycles. The van der Waals surface area contributed by atoms with Crippen molar-refractivity contribution in [3.8, 4) is 11.5 Å². The van der Waals surface area contributed by atoms with Crippen LogP contribution in [-0.2, 0) is 4.79 Å². The first-order valence-electron chi connectivity index (χ1n) is 8.59. The highest BCUT2D eigenvalue weighted by atomic mass is 16.5. The smallest absolute Gasteiger partial charge is 0.270 e. The fourth-order valence-corrected chi connectivity index (χ4v) is 4.02. The maximum absolute atomic E-state index is 12.6. The van der Waals surface area contributed by atoms with Gasteiger partial charge in [0.25, 0.3) is 5.56 Å². The lowest BCUT2D eigenvalue weighted by Crippen LogP contribution is -2.27. The van der Waals surface area contributed by atoms with Crippen LogP contribution in [-0.4, -0.2) is 27.9 Å². The van der Waals surface area contributed by atoms with Gasteiger partial charge in [-0.2, -0.15) is 0 Å². The van der Waals surface area contributed by atoms with Crippen LogP contribution in [0, 0.1) is 0 Å². The van der Waals surface area contributed by atoms with Crippen molar-refractivity contribution in [3.63, 3.8) is 0 Å². The van der Waals surface area contributed by atoms with Crippen molar-refractivity contribution in [1.29, 1.82) is 0 Å². The molecule has 2 aliphatic rings. The number of aromatic hydroxyl groups is 1. The van der Waals surface area contributed by atoms with Crippen molar-refractivity contribution in [2.24, 2.45) is 0 Å². The first-order chi connectivity index (χ1) is 12.1. The number of ether oxygens (including phenoxy) is 1. The van der Waals surface area contributed by atoms with E-state index < -0.39 is 0 Å². The van der Waals surface area contributed by atoms with Crippen LogP contribution in [0.5, 0.6) is 11.5 Å². The van der Waals surface area contributed by atoms with Crippen molar-refractivity contribution in [2.75, 3.05) is 12.4 Å². The molecule has 4 rings (SSSR count). The largest absolute Gasteiger partial charge is 0.504 e. The van der Waals surface area contributed by atoms with E-state index in [9.17, 15) is 14.7 Å². The van der Waals surface area contributed by atoms with Crippen molar-refractivity contribution in [1.82, 2.24) is 9.78 Å². The van der Waals surface area contributed by atoms with Gasteiger partial charge >= 0.3 is 0 Å². The van der Waals surface area contributed by atoms with E-state index >= 15 is 0 Å². The minimum absolute atomic E-state index is 0.0316. The number of nitrogens with one attached hydrogen (secondary N) is 2. The number of aromatic nitrogens is 2. The number of aromatic amines is 1. The van der Waals surface area contributed by atoms with Crippen molar-refractivity contribution < 1.29 is 14.6 Å². The Hall–Kier alpha value is -2.70. The number of amides is 1. The van der Waals surface area contributed by atoms with Crippen molar-refractivity contribution in [2.45, 2.75) is 44.1 Å². The van der Waals surface area contributed by atoms with Crippen LogP contribution < -0.4 is 15.6 Å². The molecular formula is C18H21N3O4. The van der Waals surface area contributed by atoms with Crippen LogP contribution in [0.3, 0.4) is 0 Å². The molecule has 25 heavy (non-hydrogen) atoms. The zero-order valence-electron chi connectivity index (χ0n) is 14.0. The topological polar surface area (TPSA) is 96.4 Å². The van der Waals surface area contributed by atoms with Gasteiger partial charge in [-0.1, -0.05) is 18.9 Å². The predicted octanol–water partition coefficient (Wildman–Crippen LogP) is 2.48. The number of H-pyrrole nitrogens is 1. The van der Waals surface area contributed by atoms with Gasteiger partial charge in [-0.15, -0.1) is 0 Å². The number of nitrogens with zero attached hydrogens (tertiary/aromatic N) is 1. The number of phenols is 1. The number of fused-ring (bicyclic) bond motifs is 1. The molecule has 1 amide bonds. The molecule has 0 spiro atoms. The summed E-state index contributed by atoms with van der Waals surface area (Å²) in [7, 11) is 1.47. The summed E-state index contributed by atoms with van der Waals surface area (Å²) in [4.78, 5) is 24.9. The highest BCUT2D eigenvalue weighted by molar-refractivity contribution is 5.94. The van der Waals surface area contributed by atoms with Gasteiger partial charge in [0.2, 0.25) is 5.91 Å². The van der Waals surface area contributed by atoms with Gasteiger partial charge in [0.1, 0.15) is 5.82 Å². The molecule has 0 radical (unpaired) electrons. The molecule has 7 heteroatoms. The molecule has 3 N–H and O–H groups in total. The summed E-state index contributed by atoms with van der Waals surface area (Å²) in [6.07, 6.45) is 4.46. The number of hydrogen-bond donors (Lipinski definition) is 3. The van der Waals surface area contributed by atoms with Crippen LogP contribution in [0.2, 0.25) is 0 Å². The molecule has 1 aromatic carbocycles. The van der Waals surface area contributed by atoms with Crippen LogP contribution >= 0.6 is 0 Å². The second kappa shape index (κ2) is 5.98. The molecule has 0 unspecified atom stereocenters. The number of hydrogen-bond acceptors (Lipinski definition) is 4. The third-order valence-electron chi connectivity index (χ3n) is 5.25. The second-order valence-corrected chi connectivity index (χ2v) is 6.75. The van der Waals surface area contributed by atoms with E-state index in [4.69, 9.17) is 4.74 Å². The van der Waals surface area contributed by atoms with E-state index in [1.54, 1.807) is 12.1 Å². The summed E-state index contributed by atoms with van der Waals surface area (Å²) in [5, 5.41) is 15.6. The maximum Gasteiger partial charge on any atom is 0.270 e. The molecule has 2 aromatic rings. The number of anilines is 1. The molecule has 1 atom stereocenters. The van der Waals surface area contributed by atoms with Crippen molar-refractivity contribution in [3.05, 3.63) is 39.7 Å². The average Bonchev–Trinajstić information content (AvgIpc) is 3.23. The van der Waals surface area contributed by atoms with Gasteiger partial charge in [-0.25, -0.2) is 0 Å². The number of methoxy groups -OCH3 is 1. The molecule has 0 bridgehead atoms. The van der Waals surface area contributed by atoms with E-state index in [-0.39, 0.29) is 35.6 Å². The number of carbonyl (C=O) groups is 1. The number of rotatable bonds is 3. The monoisotopic (exact) mass is 343 g/mol. The van der Waals surface area contributed by atoms with Gasteiger partial charge in [-0.3, -0.25) is 19.4 Å². The van der Waals surface area contributed by atoms with E-state index in [0.29, 0.717) is 17.1 Å². The average molecular weight is 343 g/mol. The van der Waals surface area contributed by atoms with E-state index in [0.717, 1.165) is 31.2 Å². The molecule has 1 aromatic heterocycles. The Kier molecular flexibility index (Phi) is 3.78. The number of carbonyl (C=O) groups excluding carboxylic acids is 1. The molecule has 1 aliphatic carbocycles. The van der Waals surface area contributed by atoms with E-state index in [1.165, 1.54) is 13.2 Å². The van der Waals surface area contributed by atoms with Crippen LogP contribution in [0.25, 0.3) is 0 Å². The van der Waals surface area contributed by atoms with Crippen molar-refractivity contribution >= 4 is 11.7 Å². The third kappa shape index (κ3) is 2.59. The SMILES string of the molecule is COc1cc([C@H]2CC(=O)Nc3c2c(=O)[nH]n3C2CCCC2)ccc1O. The van der Waals surface area contributed by atoms with Crippen LogP contribution in [0.1, 0.15) is 55.2 Å². The predicted molar refractivity (Wildman–Crippen MR) is 92.3 cm³/mol. The molecule has 0 saturated heterocycles. The molecule has 2 heterocycles. The molecular weight excluding hydrogens is 322 g/mol. The van der Waals surface area contributed by atoms with Gasteiger partial charge in [0.15, 0.2) is 11.5 Å². The van der Waals surface area contributed by atoms with E-state index in [1.807, 2.05) is 4.68 Å². The summed E-state index contributed by atoms with van der Waals surface area (Å²) >= 11 is 0. The summed E-state index contributed by atoms with van der Waals surface area (Å²) in [5.41, 5.74) is 1.19. The maximum atomic E-state index is 12.6. The van der Waals surface area contributed by atoms with Gasteiger partial charge in [0.05, 0.1) is 18.7 Å². The first-order valence-corrected chi connectivity index (χ1v) is 8.59. The fourth-order valence-electron chi connectivity index (χ4n) is 4.02. The summed E-state index contributed by atoms with van der Waals surface area (Å²) < 4.78 is 7.01. The summed E-state index contributed by atoms with van der Waals surface area (Å²) in [6, 6.07) is 5.18. The first kappa shape index (κ1) is 15.8. The lowest BCUT2D eigenvalue weighted by atomic mass is 9.87. The molecule has 132 valence electrons. The summed E-state index contributed by atoms with van der Waals surface area (Å²) in [5.74, 6) is 0.478. The number of benzene rings is 1. The Balaban J connectivity index is 1.82. The van der Waals surface area contributed by atoms with Crippen LogP contribution in [0.4, 0.5) is 5.82 Å². The van der Waals surface area contributed by atoms with Gasteiger partial charge in [-0.05, 0) is 30.5 Å². The third-order valence-corrected chi connectivity index (χ3v) is 5.25. The Morgan fingerprint density at radius 2 is 2.00 bits per heavy atom. The highest BCUT2D eigenvalue weighted by Crippen LogP contribution is 2.40. The lowest BCUT2D eigenvalue weighted by Gasteiger charge is -2.25. The zero-order valence-corrected chi connectivity index (χ0v) is 14.0. The normalized spacial score (nSPS) is 20.4. The molecule has 7 nitrogen and oxygen atoms in total. The van der Waals surface area contributed by atoms with Gasteiger partial charge in [0, 0.05) is 12.3 Å². The summed E-state index contributed by atoms with van der Waals surface area (Å²) in [6.45, 7) is 0. The van der Waals surface area contributed by atoms with Gasteiger partial charge < -0.3 is 15.2 Å². The Labute approximate surface area is 144 Å². The van der Waals surface area contributed by atoms with E-state index in [2.05, 4.69) is 10.4 Å². The fraction of sp³-hybridized carbons (Fsp3) is 0.444. The zero-order chi connectivity index (χ0) is 17.6. The Morgan fingerprint density at radius 3 is 2.72 bits per heavy atom. The minimum atomic E-state index is -0.357. The Morgan fingerprint density at radius 1 is 1.24 bits per heavy atom. The Bertz CT molecular complexity index is 877. The van der Waals surface area contributed by atoms with Crippen LogP contribution in [0.15, 0.2) is 23.0 Å². The number of phenolic OH excluding ortho intramolecular Hbond substituents is 1. The molecule has 1 fully saturated rings. The lowest BCUT2D eigenvalue weighted by molar-refractivity contribution is -0.116. The second-order valence-electron chi connectivity index (χ2n) is 6.75. The quantitative estimate of drug-likeness (QED) is 0.798.